The Hall–Kier alpha value is -3.81. The molecule has 0 radical (unpaired) electrons. The lowest BCUT2D eigenvalue weighted by molar-refractivity contribution is 0.0955. The smallest absolute Gasteiger partial charge is 0.251 e. The van der Waals surface area contributed by atoms with Crippen LogP contribution in [-0.4, -0.2) is 50.2 Å². The summed E-state index contributed by atoms with van der Waals surface area (Å²) in [5.74, 6) is 1.87. The molecule has 0 unspecified atom stereocenters. The van der Waals surface area contributed by atoms with E-state index in [0.29, 0.717) is 30.4 Å². The quantitative estimate of drug-likeness (QED) is 0.457. The number of anilines is 4. The van der Waals surface area contributed by atoms with E-state index in [-0.39, 0.29) is 5.91 Å². The molecule has 0 bridgehead atoms. The monoisotopic (exact) mass is 420 g/mol. The van der Waals surface area contributed by atoms with Gasteiger partial charge in [-0.15, -0.1) is 0 Å². The highest BCUT2D eigenvalue weighted by Crippen LogP contribution is 2.20. The number of benzene rings is 2. The van der Waals surface area contributed by atoms with Crippen LogP contribution in [0.15, 0.2) is 54.6 Å². The number of carbonyl (C=O) groups is 1. The van der Waals surface area contributed by atoms with E-state index < -0.39 is 0 Å². The van der Waals surface area contributed by atoms with Gasteiger partial charge in [0.25, 0.3) is 5.91 Å². The third-order valence-electron chi connectivity index (χ3n) is 4.54. The van der Waals surface area contributed by atoms with Gasteiger partial charge < -0.3 is 25.6 Å². The van der Waals surface area contributed by atoms with Crippen LogP contribution < -0.4 is 25.6 Å². The molecule has 8 heteroatoms. The molecule has 0 spiro atoms. The number of methoxy groups -OCH3 is 1. The summed E-state index contributed by atoms with van der Waals surface area (Å²) < 4.78 is 5.18. The number of aryl methyl sites for hydroxylation is 1. The maximum absolute atomic E-state index is 12.4. The van der Waals surface area contributed by atoms with E-state index in [9.17, 15) is 4.79 Å². The Kier molecular flexibility index (Phi) is 7.26. The third kappa shape index (κ3) is 6.33. The molecule has 0 saturated heterocycles. The fraction of sp³-hybridized carbons (Fsp3) is 0.261. The molecular formula is C23H28N6O2. The second-order valence-corrected chi connectivity index (χ2v) is 7.20. The summed E-state index contributed by atoms with van der Waals surface area (Å²) in [5, 5.41) is 9.33. The first-order valence-electron chi connectivity index (χ1n) is 10.0. The summed E-state index contributed by atoms with van der Waals surface area (Å²) >= 11 is 0. The summed E-state index contributed by atoms with van der Waals surface area (Å²) in [6, 6.07) is 17.0. The molecule has 8 nitrogen and oxygen atoms in total. The minimum absolute atomic E-state index is 0.113. The van der Waals surface area contributed by atoms with Crippen molar-refractivity contribution in [2.75, 3.05) is 49.8 Å². The van der Waals surface area contributed by atoms with Gasteiger partial charge in [0, 0.05) is 55.9 Å². The molecule has 3 aromatic rings. The van der Waals surface area contributed by atoms with E-state index in [1.165, 1.54) is 0 Å². The summed E-state index contributed by atoms with van der Waals surface area (Å²) in [5.41, 5.74) is 3.34. The molecule has 0 atom stereocenters. The molecule has 2 aromatic carbocycles. The van der Waals surface area contributed by atoms with Crippen LogP contribution in [0.1, 0.15) is 16.1 Å². The molecule has 31 heavy (non-hydrogen) atoms. The number of rotatable bonds is 9. The SMILES string of the molecule is COc1ccc(Nc2cc(C)nc(NCCNC(=O)c3cccc(N(C)C)c3)n2)cc1. The Bertz CT molecular complexity index is 1020. The first-order valence-corrected chi connectivity index (χ1v) is 10.0. The molecule has 1 amide bonds. The predicted octanol–water partition coefficient (Wildman–Crippen LogP) is 3.45. The van der Waals surface area contributed by atoms with Crippen molar-refractivity contribution in [1.29, 1.82) is 0 Å². The Morgan fingerprint density at radius 1 is 1.03 bits per heavy atom. The van der Waals surface area contributed by atoms with E-state index in [1.54, 1.807) is 13.2 Å². The van der Waals surface area contributed by atoms with Crippen molar-refractivity contribution in [3.05, 3.63) is 65.9 Å². The van der Waals surface area contributed by atoms with Crippen molar-refractivity contribution in [3.8, 4) is 5.75 Å². The Balaban J connectivity index is 1.53. The minimum Gasteiger partial charge on any atom is -0.497 e. The van der Waals surface area contributed by atoms with Crippen molar-refractivity contribution < 1.29 is 9.53 Å². The molecule has 0 aliphatic heterocycles. The van der Waals surface area contributed by atoms with Crippen LogP contribution in [-0.2, 0) is 0 Å². The summed E-state index contributed by atoms with van der Waals surface area (Å²) in [4.78, 5) is 23.2. The van der Waals surface area contributed by atoms with Gasteiger partial charge in [0.1, 0.15) is 11.6 Å². The number of carbonyl (C=O) groups excluding carboxylic acids is 1. The zero-order valence-electron chi connectivity index (χ0n) is 18.3. The van der Waals surface area contributed by atoms with Crippen molar-refractivity contribution >= 4 is 29.0 Å². The average molecular weight is 421 g/mol. The van der Waals surface area contributed by atoms with Gasteiger partial charge in [-0.2, -0.15) is 4.98 Å². The fourth-order valence-corrected chi connectivity index (χ4v) is 2.91. The third-order valence-corrected chi connectivity index (χ3v) is 4.54. The number of ether oxygens (including phenoxy) is 1. The van der Waals surface area contributed by atoms with Gasteiger partial charge in [-0.1, -0.05) is 6.07 Å². The van der Waals surface area contributed by atoms with Gasteiger partial charge in [0.2, 0.25) is 5.95 Å². The largest absolute Gasteiger partial charge is 0.497 e. The first kappa shape index (κ1) is 21.9. The molecule has 3 N–H and O–H groups in total. The van der Waals surface area contributed by atoms with Crippen LogP contribution in [0.2, 0.25) is 0 Å². The highest BCUT2D eigenvalue weighted by Gasteiger charge is 2.07. The van der Waals surface area contributed by atoms with Crippen LogP contribution >= 0.6 is 0 Å². The molecule has 162 valence electrons. The van der Waals surface area contributed by atoms with Crippen LogP contribution in [0.5, 0.6) is 5.75 Å². The first-order chi connectivity index (χ1) is 14.9. The van der Waals surface area contributed by atoms with Gasteiger partial charge in [-0.25, -0.2) is 4.98 Å². The number of amides is 1. The second kappa shape index (κ2) is 10.3. The molecule has 1 aromatic heterocycles. The van der Waals surface area contributed by atoms with Gasteiger partial charge in [-0.05, 0) is 49.4 Å². The number of hydrogen-bond donors (Lipinski definition) is 3. The van der Waals surface area contributed by atoms with Crippen LogP contribution in [0.4, 0.5) is 23.1 Å². The van der Waals surface area contributed by atoms with Crippen LogP contribution in [0.3, 0.4) is 0 Å². The molecule has 0 fully saturated rings. The van der Waals surface area contributed by atoms with E-state index in [1.807, 2.05) is 74.4 Å². The molecular weight excluding hydrogens is 392 g/mol. The summed E-state index contributed by atoms with van der Waals surface area (Å²) in [7, 11) is 5.53. The Labute approximate surface area is 182 Å². The topological polar surface area (TPSA) is 91.4 Å². The number of hydrogen-bond acceptors (Lipinski definition) is 7. The van der Waals surface area contributed by atoms with Gasteiger partial charge in [0.15, 0.2) is 0 Å². The number of nitrogens with zero attached hydrogens (tertiary/aromatic N) is 3. The van der Waals surface area contributed by atoms with Crippen LogP contribution in [0.25, 0.3) is 0 Å². The Morgan fingerprint density at radius 3 is 2.52 bits per heavy atom. The van der Waals surface area contributed by atoms with Crippen molar-refractivity contribution in [2.24, 2.45) is 0 Å². The predicted molar refractivity (Wildman–Crippen MR) is 125 cm³/mol. The van der Waals surface area contributed by atoms with Gasteiger partial charge >= 0.3 is 0 Å². The average Bonchev–Trinajstić information content (AvgIpc) is 2.77. The minimum atomic E-state index is -0.113. The Morgan fingerprint density at radius 2 is 1.81 bits per heavy atom. The van der Waals surface area contributed by atoms with Crippen molar-refractivity contribution in [3.63, 3.8) is 0 Å². The zero-order chi connectivity index (χ0) is 22.2. The summed E-state index contributed by atoms with van der Waals surface area (Å²) in [6.07, 6.45) is 0. The normalized spacial score (nSPS) is 10.3. The molecule has 1 heterocycles. The lowest BCUT2D eigenvalue weighted by Crippen LogP contribution is -2.29. The number of aromatic nitrogens is 2. The lowest BCUT2D eigenvalue weighted by atomic mass is 10.2. The van der Waals surface area contributed by atoms with Crippen molar-refractivity contribution in [2.45, 2.75) is 6.92 Å². The second-order valence-electron chi connectivity index (χ2n) is 7.20. The summed E-state index contributed by atoms with van der Waals surface area (Å²) in [6.45, 7) is 2.86. The van der Waals surface area contributed by atoms with E-state index in [0.717, 1.165) is 22.8 Å². The molecule has 0 saturated carbocycles. The van der Waals surface area contributed by atoms with Gasteiger partial charge in [0.05, 0.1) is 7.11 Å². The molecule has 0 aliphatic carbocycles. The van der Waals surface area contributed by atoms with E-state index in [2.05, 4.69) is 25.9 Å². The fourth-order valence-electron chi connectivity index (χ4n) is 2.91. The lowest BCUT2D eigenvalue weighted by Gasteiger charge is -2.14. The zero-order valence-corrected chi connectivity index (χ0v) is 18.3. The van der Waals surface area contributed by atoms with E-state index >= 15 is 0 Å². The van der Waals surface area contributed by atoms with Crippen LogP contribution in [0, 0.1) is 6.92 Å². The molecule has 0 aliphatic rings. The van der Waals surface area contributed by atoms with Gasteiger partial charge in [-0.3, -0.25) is 4.79 Å². The molecule has 3 rings (SSSR count). The maximum atomic E-state index is 12.4. The van der Waals surface area contributed by atoms with E-state index in [4.69, 9.17) is 4.74 Å². The highest BCUT2D eigenvalue weighted by molar-refractivity contribution is 5.95. The standard InChI is InChI=1S/C23H28N6O2/c1-16-14-21(27-18-8-10-20(31-4)11-9-18)28-23(26-16)25-13-12-24-22(30)17-6-5-7-19(15-17)29(2)3/h5-11,14-15H,12-13H2,1-4H3,(H,24,30)(H2,25,26,27,28). The number of nitrogens with one attached hydrogen (secondary N) is 3. The maximum Gasteiger partial charge on any atom is 0.251 e. The highest BCUT2D eigenvalue weighted by atomic mass is 16.5. The van der Waals surface area contributed by atoms with Crippen molar-refractivity contribution in [1.82, 2.24) is 15.3 Å².